The van der Waals surface area contributed by atoms with Crippen molar-refractivity contribution >= 4 is 17.3 Å². The van der Waals surface area contributed by atoms with Crippen LogP contribution in [0.3, 0.4) is 0 Å². The maximum Gasteiger partial charge on any atom is 0.311 e. The number of nitro groups is 1. The summed E-state index contributed by atoms with van der Waals surface area (Å²) in [5.74, 6) is -0.0961. The van der Waals surface area contributed by atoms with Crippen LogP contribution < -0.4 is 9.64 Å². The lowest BCUT2D eigenvalue weighted by molar-refractivity contribution is -0.385. The number of nitro benzene ring substituents is 1. The zero-order valence-electron chi connectivity index (χ0n) is 17.0. The molecule has 1 amide bonds. The standard InChI is InChI=1S/C22H27N3O4/c1-3-29-21-12-9-18(15-20(21)25(27)28)22(26)23(2)16-17-7-10-19(11-8-17)24-13-5-4-6-14-24/h7-12,15H,3-6,13-14,16H2,1-2H3. The summed E-state index contributed by atoms with van der Waals surface area (Å²) in [5.41, 5.74) is 2.30. The molecule has 2 aromatic carbocycles. The molecule has 1 aliphatic heterocycles. The molecule has 0 unspecified atom stereocenters. The van der Waals surface area contributed by atoms with Crippen molar-refractivity contribution in [3.8, 4) is 5.75 Å². The highest BCUT2D eigenvalue weighted by Crippen LogP contribution is 2.28. The van der Waals surface area contributed by atoms with Gasteiger partial charge in [-0.1, -0.05) is 12.1 Å². The Kier molecular flexibility index (Phi) is 6.69. The Morgan fingerprint density at radius 1 is 1.14 bits per heavy atom. The van der Waals surface area contributed by atoms with Crippen LogP contribution in [-0.4, -0.2) is 42.5 Å². The summed E-state index contributed by atoms with van der Waals surface area (Å²) in [7, 11) is 1.70. The Morgan fingerprint density at radius 2 is 1.83 bits per heavy atom. The van der Waals surface area contributed by atoms with Gasteiger partial charge in [0.15, 0.2) is 5.75 Å². The molecule has 154 valence electrons. The van der Waals surface area contributed by atoms with Crippen molar-refractivity contribution in [1.82, 2.24) is 4.90 Å². The molecule has 0 saturated carbocycles. The third-order valence-electron chi connectivity index (χ3n) is 5.13. The van der Waals surface area contributed by atoms with Gasteiger partial charge in [-0.05, 0) is 56.0 Å². The SMILES string of the molecule is CCOc1ccc(C(=O)N(C)Cc2ccc(N3CCCCC3)cc2)cc1[N+](=O)[O-]. The maximum atomic E-state index is 12.8. The van der Waals surface area contributed by atoms with E-state index in [-0.39, 0.29) is 22.9 Å². The summed E-state index contributed by atoms with van der Waals surface area (Å²) < 4.78 is 5.28. The molecule has 1 heterocycles. The van der Waals surface area contributed by atoms with Crippen LogP contribution in [0.4, 0.5) is 11.4 Å². The summed E-state index contributed by atoms with van der Waals surface area (Å²) >= 11 is 0. The van der Waals surface area contributed by atoms with Crippen molar-refractivity contribution in [2.45, 2.75) is 32.7 Å². The minimum Gasteiger partial charge on any atom is -0.487 e. The third kappa shape index (κ3) is 5.04. The van der Waals surface area contributed by atoms with Crippen molar-refractivity contribution < 1.29 is 14.5 Å². The molecule has 1 aliphatic rings. The molecule has 0 aromatic heterocycles. The van der Waals surface area contributed by atoms with Crippen LogP contribution in [0.15, 0.2) is 42.5 Å². The lowest BCUT2D eigenvalue weighted by Crippen LogP contribution is -2.29. The molecule has 0 bridgehead atoms. The van der Waals surface area contributed by atoms with Gasteiger partial charge in [0.25, 0.3) is 5.91 Å². The molecule has 0 aliphatic carbocycles. The van der Waals surface area contributed by atoms with Gasteiger partial charge < -0.3 is 14.5 Å². The summed E-state index contributed by atoms with van der Waals surface area (Å²) in [6, 6.07) is 12.6. The van der Waals surface area contributed by atoms with Crippen LogP contribution in [-0.2, 0) is 6.54 Å². The Balaban J connectivity index is 1.68. The summed E-state index contributed by atoms with van der Waals surface area (Å²) in [5, 5.41) is 11.3. The number of carbonyl (C=O) groups excluding carboxylic acids is 1. The number of hydrogen-bond donors (Lipinski definition) is 0. The first-order valence-corrected chi connectivity index (χ1v) is 10.00. The fraction of sp³-hybridized carbons (Fsp3) is 0.409. The predicted molar refractivity (Wildman–Crippen MR) is 113 cm³/mol. The number of ether oxygens (including phenoxy) is 1. The lowest BCUT2D eigenvalue weighted by atomic mass is 10.1. The quantitative estimate of drug-likeness (QED) is 0.515. The van der Waals surface area contributed by atoms with Gasteiger partial charge >= 0.3 is 5.69 Å². The minimum absolute atomic E-state index is 0.171. The smallest absolute Gasteiger partial charge is 0.311 e. The zero-order valence-corrected chi connectivity index (χ0v) is 17.0. The van der Waals surface area contributed by atoms with E-state index in [2.05, 4.69) is 17.0 Å². The van der Waals surface area contributed by atoms with Crippen LogP contribution in [0.1, 0.15) is 42.1 Å². The van der Waals surface area contributed by atoms with Crippen molar-refractivity contribution in [2.24, 2.45) is 0 Å². The van der Waals surface area contributed by atoms with E-state index in [9.17, 15) is 14.9 Å². The van der Waals surface area contributed by atoms with Gasteiger partial charge in [-0.2, -0.15) is 0 Å². The molecular weight excluding hydrogens is 370 g/mol. The largest absolute Gasteiger partial charge is 0.487 e. The molecule has 7 heteroatoms. The Labute approximate surface area is 171 Å². The molecule has 0 atom stereocenters. The maximum absolute atomic E-state index is 12.8. The topological polar surface area (TPSA) is 75.9 Å². The highest BCUT2D eigenvalue weighted by Gasteiger charge is 2.20. The number of rotatable bonds is 7. The second-order valence-electron chi connectivity index (χ2n) is 7.25. The number of benzene rings is 2. The first kappa shape index (κ1) is 20.6. The van der Waals surface area contributed by atoms with Crippen molar-refractivity contribution in [3.05, 3.63) is 63.7 Å². The predicted octanol–water partition coefficient (Wildman–Crippen LogP) is 4.26. The van der Waals surface area contributed by atoms with E-state index in [0.717, 1.165) is 18.7 Å². The average molecular weight is 397 g/mol. The normalized spacial score (nSPS) is 13.8. The third-order valence-corrected chi connectivity index (χ3v) is 5.13. The second kappa shape index (κ2) is 9.41. The van der Waals surface area contributed by atoms with Crippen LogP contribution in [0.25, 0.3) is 0 Å². The second-order valence-corrected chi connectivity index (χ2v) is 7.25. The van der Waals surface area contributed by atoms with Gasteiger partial charge in [0, 0.05) is 44.0 Å². The van der Waals surface area contributed by atoms with Crippen molar-refractivity contribution in [3.63, 3.8) is 0 Å². The van der Waals surface area contributed by atoms with E-state index in [1.807, 2.05) is 12.1 Å². The van der Waals surface area contributed by atoms with E-state index in [0.29, 0.717) is 13.2 Å². The number of nitrogens with zero attached hydrogens (tertiary/aromatic N) is 3. The molecule has 0 spiro atoms. The average Bonchev–Trinajstić information content (AvgIpc) is 2.74. The number of carbonyl (C=O) groups is 1. The van der Waals surface area contributed by atoms with Crippen LogP contribution >= 0.6 is 0 Å². The van der Waals surface area contributed by atoms with E-state index < -0.39 is 4.92 Å². The van der Waals surface area contributed by atoms with Crippen LogP contribution in [0, 0.1) is 10.1 Å². The Morgan fingerprint density at radius 3 is 2.45 bits per heavy atom. The van der Waals surface area contributed by atoms with Crippen molar-refractivity contribution in [2.75, 3.05) is 31.6 Å². The first-order chi connectivity index (χ1) is 14.0. The summed E-state index contributed by atoms with van der Waals surface area (Å²) in [4.78, 5) is 27.5. The van der Waals surface area contributed by atoms with Gasteiger partial charge in [0.05, 0.1) is 11.5 Å². The first-order valence-electron chi connectivity index (χ1n) is 10.00. The van der Waals surface area contributed by atoms with Gasteiger partial charge in [-0.25, -0.2) is 0 Å². The summed E-state index contributed by atoms with van der Waals surface area (Å²) in [6.07, 6.45) is 3.76. The van der Waals surface area contributed by atoms with Crippen LogP contribution in [0.2, 0.25) is 0 Å². The number of hydrogen-bond acceptors (Lipinski definition) is 5. The van der Waals surface area contributed by atoms with Gasteiger partial charge in [0.1, 0.15) is 0 Å². The highest BCUT2D eigenvalue weighted by molar-refractivity contribution is 5.95. The molecule has 3 rings (SSSR count). The molecular formula is C22H27N3O4. The number of piperidine rings is 1. The molecule has 0 N–H and O–H groups in total. The summed E-state index contributed by atoms with van der Waals surface area (Å²) in [6.45, 7) is 4.69. The Hall–Kier alpha value is -3.09. The van der Waals surface area contributed by atoms with E-state index in [1.54, 1.807) is 24.9 Å². The van der Waals surface area contributed by atoms with Gasteiger partial charge in [0.2, 0.25) is 0 Å². The molecule has 7 nitrogen and oxygen atoms in total. The van der Waals surface area contributed by atoms with Crippen LogP contribution in [0.5, 0.6) is 5.75 Å². The lowest BCUT2D eigenvalue weighted by Gasteiger charge is -2.29. The highest BCUT2D eigenvalue weighted by atomic mass is 16.6. The number of amides is 1. The molecule has 2 aromatic rings. The minimum atomic E-state index is -0.527. The zero-order chi connectivity index (χ0) is 20.8. The fourth-order valence-corrected chi connectivity index (χ4v) is 3.60. The molecule has 1 saturated heterocycles. The monoisotopic (exact) mass is 397 g/mol. The van der Waals surface area contributed by atoms with E-state index >= 15 is 0 Å². The molecule has 29 heavy (non-hydrogen) atoms. The fourth-order valence-electron chi connectivity index (χ4n) is 3.60. The van der Waals surface area contributed by atoms with E-state index in [4.69, 9.17) is 4.74 Å². The Bertz CT molecular complexity index is 861. The van der Waals surface area contributed by atoms with Gasteiger partial charge in [-0.3, -0.25) is 14.9 Å². The van der Waals surface area contributed by atoms with Crippen molar-refractivity contribution in [1.29, 1.82) is 0 Å². The number of anilines is 1. The molecule has 0 radical (unpaired) electrons. The van der Waals surface area contributed by atoms with Gasteiger partial charge in [-0.15, -0.1) is 0 Å². The molecule has 1 fully saturated rings. The van der Waals surface area contributed by atoms with E-state index in [1.165, 1.54) is 37.1 Å².